The van der Waals surface area contributed by atoms with Gasteiger partial charge in [-0.05, 0) is 37.5 Å². The standard InChI is InChI=1S/C36H64O8/c1-4-6-13-19-29(38)23-24-32-31(33(39)25-34(32)40)20-15-11-12-16-21-35(41)43-27-30(26-37)44-36(42)22-17-10-8-7-9-14-18-28(3)5-2/h23-24,28-33,37-39H,4-22,25-27H2,1-3H3/b24-23+/t28?,29-,30-,31+,32+,33-/m0/s1. The van der Waals surface area contributed by atoms with E-state index in [-0.39, 0.29) is 49.0 Å². The van der Waals surface area contributed by atoms with Crippen LogP contribution >= 0.6 is 0 Å². The number of ether oxygens (including phenoxy) is 2. The summed E-state index contributed by atoms with van der Waals surface area (Å²) in [6.45, 7) is 6.11. The Morgan fingerprint density at radius 3 is 2.16 bits per heavy atom. The van der Waals surface area contributed by atoms with Crippen molar-refractivity contribution in [3.8, 4) is 0 Å². The minimum absolute atomic E-state index is 0.0346. The van der Waals surface area contributed by atoms with Crippen molar-refractivity contribution >= 4 is 17.7 Å². The van der Waals surface area contributed by atoms with Gasteiger partial charge in [0.25, 0.3) is 0 Å². The third-order valence-electron chi connectivity index (χ3n) is 9.01. The predicted molar refractivity (Wildman–Crippen MR) is 174 cm³/mol. The maximum absolute atomic E-state index is 12.4. The van der Waals surface area contributed by atoms with Crippen LogP contribution in [0.15, 0.2) is 12.2 Å². The molecular formula is C36H64O8. The number of Topliss-reactive ketones (excluding diaryl/α,β-unsaturated/α-hetero) is 1. The minimum Gasteiger partial charge on any atom is -0.462 e. The van der Waals surface area contributed by atoms with Crippen molar-refractivity contribution in [1.29, 1.82) is 0 Å². The number of carbonyl (C=O) groups is 3. The van der Waals surface area contributed by atoms with E-state index in [9.17, 15) is 29.7 Å². The van der Waals surface area contributed by atoms with Gasteiger partial charge in [0.15, 0.2) is 6.10 Å². The molecule has 0 bridgehead atoms. The van der Waals surface area contributed by atoms with Gasteiger partial charge in [0, 0.05) is 25.2 Å². The maximum atomic E-state index is 12.4. The summed E-state index contributed by atoms with van der Waals surface area (Å²) in [7, 11) is 0. The molecule has 8 nitrogen and oxygen atoms in total. The summed E-state index contributed by atoms with van der Waals surface area (Å²) in [4.78, 5) is 36.7. The van der Waals surface area contributed by atoms with Crippen LogP contribution in [-0.2, 0) is 23.9 Å². The van der Waals surface area contributed by atoms with Crippen LogP contribution in [0, 0.1) is 17.8 Å². The van der Waals surface area contributed by atoms with E-state index in [0.717, 1.165) is 70.1 Å². The molecule has 1 rings (SSSR count). The lowest BCUT2D eigenvalue weighted by Crippen LogP contribution is -2.28. The first kappa shape index (κ1) is 40.3. The highest BCUT2D eigenvalue weighted by atomic mass is 16.6. The van der Waals surface area contributed by atoms with E-state index >= 15 is 0 Å². The van der Waals surface area contributed by atoms with E-state index in [1.165, 1.54) is 32.1 Å². The largest absolute Gasteiger partial charge is 0.462 e. The second kappa shape index (κ2) is 25.4. The highest BCUT2D eigenvalue weighted by molar-refractivity contribution is 5.86. The molecule has 0 amide bonds. The number of ketones is 1. The summed E-state index contributed by atoms with van der Waals surface area (Å²) in [5.41, 5.74) is 0. The summed E-state index contributed by atoms with van der Waals surface area (Å²) in [5.74, 6) is -0.389. The van der Waals surface area contributed by atoms with Crippen molar-refractivity contribution in [2.75, 3.05) is 13.2 Å². The quantitative estimate of drug-likeness (QED) is 0.0506. The Morgan fingerprint density at radius 1 is 0.886 bits per heavy atom. The van der Waals surface area contributed by atoms with Crippen LogP contribution in [-0.4, -0.2) is 64.6 Å². The third kappa shape index (κ3) is 18.9. The van der Waals surface area contributed by atoms with Crippen molar-refractivity contribution in [3.63, 3.8) is 0 Å². The summed E-state index contributed by atoms with van der Waals surface area (Å²) in [6.07, 6.45) is 19.0. The van der Waals surface area contributed by atoms with E-state index in [1.54, 1.807) is 12.2 Å². The minimum atomic E-state index is -0.841. The monoisotopic (exact) mass is 624 g/mol. The molecule has 0 aromatic rings. The molecular weight excluding hydrogens is 560 g/mol. The number of hydrogen-bond donors (Lipinski definition) is 3. The topological polar surface area (TPSA) is 130 Å². The molecule has 6 atom stereocenters. The Kier molecular flexibility index (Phi) is 23.3. The number of carbonyl (C=O) groups excluding carboxylic acids is 3. The highest BCUT2D eigenvalue weighted by Crippen LogP contribution is 2.34. The molecule has 0 radical (unpaired) electrons. The van der Waals surface area contributed by atoms with Gasteiger partial charge in [-0.3, -0.25) is 14.4 Å². The van der Waals surface area contributed by atoms with E-state index in [4.69, 9.17) is 9.47 Å². The van der Waals surface area contributed by atoms with Gasteiger partial charge in [-0.2, -0.15) is 0 Å². The Labute approximate surface area is 267 Å². The van der Waals surface area contributed by atoms with Crippen molar-refractivity contribution in [1.82, 2.24) is 0 Å². The summed E-state index contributed by atoms with van der Waals surface area (Å²) in [6, 6.07) is 0. The van der Waals surface area contributed by atoms with E-state index in [0.29, 0.717) is 19.3 Å². The lowest BCUT2D eigenvalue weighted by molar-refractivity contribution is -0.161. The fraction of sp³-hybridized carbons (Fsp3) is 0.861. The van der Waals surface area contributed by atoms with Crippen molar-refractivity contribution in [2.24, 2.45) is 17.8 Å². The van der Waals surface area contributed by atoms with Gasteiger partial charge in [-0.25, -0.2) is 0 Å². The van der Waals surface area contributed by atoms with Crippen molar-refractivity contribution in [2.45, 2.75) is 167 Å². The molecule has 0 aromatic heterocycles. The first-order chi connectivity index (χ1) is 21.2. The fourth-order valence-electron chi connectivity index (χ4n) is 5.84. The Morgan fingerprint density at radius 2 is 1.50 bits per heavy atom. The average Bonchev–Trinajstić information content (AvgIpc) is 3.28. The van der Waals surface area contributed by atoms with Crippen molar-refractivity contribution in [3.05, 3.63) is 12.2 Å². The number of aliphatic hydroxyl groups is 3. The molecule has 44 heavy (non-hydrogen) atoms. The summed E-state index contributed by atoms with van der Waals surface area (Å²) < 4.78 is 10.5. The van der Waals surface area contributed by atoms with Crippen LogP contribution < -0.4 is 0 Å². The molecule has 1 aliphatic carbocycles. The zero-order chi connectivity index (χ0) is 32.6. The zero-order valence-electron chi connectivity index (χ0n) is 28.1. The first-order valence-corrected chi connectivity index (χ1v) is 17.7. The number of allylic oxidation sites excluding steroid dienone is 1. The molecule has 0 aliphatic heterocycles. The smallest absolute Gasteiger partial charge is 0.306 e. The Hall–Kier alpha value is -1.77. The van der Waals surface area contributed by atoms with E-state index in [1.807, 2.05) is 0 Å². The van der Waals surface area contributed by atoms with Crippen LogP contribution in [0.5, 0.6) is 0 Å². The van der Waals surface area contributed by atoms with Crippen LogP contribution in [0.3, 0.4) is 0 Å². The molecule has 3 N–H and O–H groups in total. The molecule has 1 saturated carbocycles. The second-order valence-electron chi connectivity index (χ2n) is 13.0. The van der Waals surface area contributed by atoms with Crippen LogP contribution in [0.25, 0.3) is 0 Å². The number of aliphatic hydroxyl groups excluding tert-OH is 3. The molecule has 1 fully saturated rings. The highest BCUT2D eigenvalue weighted by Gasteiger charge is 2.39. The Bertz CT molecular complexity index is 797. The number of esters is 2. The molecule has 0 saturated heterocycles. The molecule has 0 heterocycles. The van der Waals surface area contributed by atoms with Crippen LogP contribution in [0.1, 0.15) is 149 Å². The normalized spacial score (nSPS) is 20.6. The summed E-state index contributed by atoms with van der Waals surface area (Å²) in [5, 5.41) is 30.1. The van der Waals surface area contributed by atoms with Gasteiger partial charge in [0.1, 0.15) is 12.4 Å². The van der Waals surface area contributed by atoms with Crippen LogP contribution in [0.4, 0.5) is 0 Å². The van der Waals surface area contributed by atoms with Crippen molar-refractivity contribution < 1.29 is 39.2 Å². The summed E-state index contributed by atoms with van der Waals surface area (Å²) >= 11 is 0. The van der Waals surface area contributed by atoms with E-state index < -0.39 is 24.9 Å². The number of unbranched alkanes of at least 4 members (excludes halogenated alkanes) is 10. The predicted octanol–water partition coefficient (Wildman–Crippen LogP) is 7.00. The van der Waals surface area contributed by atoms with Gasteiger partial charge < -0.3 is 24.8 Å². The Balaban J connectivity index is 2.16. The molecule has 8 heteroatoms. The van der Waals surface area contributed by atoms with E-state index in [2.05, 4.69) is 20.8 Å². The van der Waals surface area contributed by atoms with Gasteiger partial charge in [0.05, 0.1) is 18.8 Å². The lowest BCUT2D eigenvalue weighted by Gasteiger charge is -2.19. The van der Waals surface area contributed by atoms with Gasteiger partial charge in [-0.15, -0.1) is 0 Å². The second-order valence-corrected chi connectivity index (χ2v) is 13.0. The first-order valence-electron chi connectivity index (χ1n) is 17.7. The van der Waals surface area contributed by atoms with Gasteiger partial charge in [0.2, 0.25) is 0 Å². The molecule has 1 aliphatic rings. The molecule has 0 aromatic carbocycles. The maximum Gasteiger partial charge on any atom is 0.306 e. The molecule has 1 unspecified atom stereocenters. The lowest BCUT2D eigenvalue weighted by atomic mass is 9.88. The SMILES string of the molecule is CCCCC[C@H](O)/C=C/[C@H]1C(=O)C[C@H](O)[C@@H]1CCCCCCC(=O)OC[C@H](CO)OC(=O)CCCCCCCCC(C)CC. The van der Waals surface area contributed by atoms with Crippen LogP contribution in [0.2, 0.25) is 0 Å². The third-order valence-corrected chi connectivity index (χ3v) is 9.01. The molecule has 0 spiro atoms. The number of hydrogen-bond acceptors (Lipinski definition) is 8. The van der Waals surface area contributed by atoms with Gasteiger partial charge >= 0.3 is 11.9 Å². The van der Waals surface area contributed by atoms with Gasteiger partial charge in [-0.1, -0.05) is 116 Å². The fourth-order valence-corrected chi connectivity index (χ4v) is 5.84. The number of rotatable bonds is 27. The average molecular weight is 625 g/mol. The zero-order valence-corrected chi connectivity index (χ0v) is 28.1. The molecule has 256 valence electrons.